The number of nitrogens with one attached hydrogen (secondary N) is 1. The van der Waals surface area contributed by atoms with Crippen LogP contribution in [0.5, 0.6) is 0 Å². The Morgan fingerprint density at radius 1 is 0.955 bits per heavy atom. The molecular formula is C18H18N2O2. The van der Waals surface area contributed by atoms with Crippen LogP contribution in [-0.4, -0.2) is 9.78 Å². The molecule has 0 atom stereocenters. The summed E-state index contributed by atoms with van der Waals surface area (Å²) in [4.78, 5) is 25.1. The van der Waals surface area contributed by atoms with Gasteiger partial charge in [-0.2, -0.15) is 0 Å². The summed E-state index contributed by atoms with van der Waals surface area (Å²) in [6.45, 7) is 5.85. The molecule has 0 unspecified atom stereocenters. The number of nitrogens with zero attached hydrogens (tertiary/aromatic N) is 1. The van der Waals surface area contributed by atoms with Gasteiger partial charge in [-0.05, 0) is 38.5 Å². The summed E-state index contributed by atoms with van der Waals surface area (Å²) in [7, 11) is 0. The Morgan fingerprint density at radius 2 is 1.64 bits per heavy atom. The van der Waals surface area contributed by atoms with Crippen molar-refractivity contribution in [2.24, 2.45) is 0 Å². The van der Waals surface area contributed by atoms with Gasteiger partial charge in [0.15, 0.2) is 0 Å². The molecule has 3 aromatic rings. The molecule has 1 heterocycles. The van der Waals surface area contributed by atoms with Crippen LogP contribution in [0.1, 0.15) is 25.0 Å². The summed E-state index contributed by atoms with van der Waals surface area (Å²) in [6, 6.07) is 14.8. The van der Waals surface area contributed by atoms with Crippen LogP contribution in [0.15, 0.2) is 58.1 Å². The van der Waals surface area contributed by atoms with Gasteiger partial charge < -0.3 is 0 Å². The lowest BCUT2D eigenvalue weighted by Crippen LogP contribution is -2.42. The third kappa shape index (κ3) is 2.17. The molecule has 0 saturated heterocycles. The number of aryl methyl sites for hydroxylation is 1. The highest BCUT2D eigenvalue weighted by molar-refractivity contribution is 5.80. The first-order chi connectivity index (χ1) is 10.4. The lowest BCUT2D eigenvalue weighted by Gasteiger charge is -2.28. The van der Waals surface area contributed by atoms with E-state index in [0.717, 1.165) is 11.1 Å². The maximum Gasteiger partial charge on any atom is 0.273 e. The topological polar surface area (TPSA) is 54.9 Å². The van der Waals surface area contributed by atoms with E-state index >= 15 is 0 Å². The summed E-state index contributed by atoms with van der Waals surface area (Å²) >= 11 is 0. The molecule has 3 rings (SSSR count). The molecule has 4 nitrogen and oxygen atoms in total. The molecule has 4 heteroatoms. The highest BCUT2D eigenvalue weighted by Crippen LogP contribution is 2.24. The number of benzene rings is 2. The third-order valence-corrected chi connectivity index (χ3v) is 4.10. The van der Waals surface area contributed by atoms with Crippen LogP contribution in [0.3, 0.4) is 0 Å². The molecule has 2 aromatic carbocycles. The quantitative estimate of drug-likeness (QED) is 0.790. The highest BCUT2D eigenvalue weighted by atomic mass is 16.2. The van der Waals surface area contributed by atoms with Crippen molar-refractivity contribution in [1.82, 2.24) is 9.78 Å². The first-order valence-electron chi connectivity index (χ1n) is 7.23. The molecular weight excluding hydrogens is 276 g/mol. The Morgan fingerprint density at radius 3 is 2.32 bits per heavy atom. The molecule has 0 aliphatic heterocycles. The molecule has 0 aliphatic carbocycles. The molecule has 1 aromatic heterocycles. The molecule has 22 heavy (non-hydrogen) atoms. The first kappa shape index (κ1) is 14.3. The number of aromatic nitrogens is 2. The highest BCUT2D eigenvalue weighted by Gasteiger charge is 2.26. The van der Waals surface area contributed by atoms with E-state index in [4.69, 9.17) is 0 Å². The Labute approximate surface area is 128 Å². The van der Waals surface area contributed by atoms with E-state index in [1.165, 1.54) is 4.68 Å². The second-order valence-corrected chi connectivity index (χ2v) is 6.06. The first-order valence-corrected chi connectivity index (χ1v) is 7.23. The van der Waals surface area contributed by atoms with Gasteiger partial charge in [0.05, 0.1) is 16.3 Å². The van der Waals surface area contributed by atoms with Crippen molar-refractivity contribution in [2.45, 2.75) is 26.3 Å². The molecule has 0 amide bonds. The van der Waals surface area contributed by atoms with Crippen LogP contribution in [0, 0.1) is 6.92 Å². The average molecular weight is 294 g/mol. The molecule has 112 valence electrons. The minimum absolute atomic E-state index is 0.193. The fraction of sp³-hybridized carbons (Fsp3) is 0.222. The molecule has 1 N–H and O–H groups in total. The van der Waals surface area contributed by atoms with Gasteiger partial charge in [-0.3, -0.25) is 14.7 Å². The number of rotatable bonds is 2. The van der Waals surface area contributed by atoms with E-state index in [9.17, 15) is 9.59 Å². The predicted molar refractivity (Wildman–Crippen MR) is 88.4 cm³/mol. The monoisotopic (exact) mass is 294 g/mol. The normalized spacial score (nSPS) is 11.8. The van der Waals surface area contributed by atoms with Gasteiger partial charge >= 0.3 is 0 Å². The standard InChI is InChI=1S/C18H18N2O2/c1-12-7-6-8-13(11-12)18(2,3)20-17(22)15-10-5-4-9-14(15)16(21)19-20/h4-11H,1-3H3,(H,19,21). The molecule has 0 aliphatic rings. The zero-order valence-electron chi connectivity index (χ0n) is 12.9. The molecule has 0 bridgehead atoms. The van der Waals surface area contributed by atoms with Crippen molar-refractivity contribution < 1.29 is 0 Å². The zero-order valence-corrected chi connectivity index (χ0v) is 12.9. The zero-order chi connectivity index (χ0) is 15.9. The summed E-state index contributed by atoms with van der Waals surface area (Å²) in [6.07, 6.45) is 0. The van der Waals surface area contributed by atoms with Crippen molar-refractivity contribution in [2.75, 3.05) is 0 Å². The second kappa shape index (κ2) is 4.98. The number of hydrogen-bond donors (Lipinski definition) is 1. The fourth-order valence-corrected chi connectivity index (χ4v) is 2.75. The minimum Gasteiger partial charge on any atom is -0.267 e. The SMILES string of the molecule is Cc1cccc(C(C)(C)n2[nH]c(=O)c3ccccc3c2=O)c1. The largest absolute Gasteiger partial charge is 0.273 e. The lowest BCUT2D eigenvalue weighted by molar-refractivity contribution is 0.370. The molecule has 0 saturated carbocycles. The van der Waals surface area contributed by atoms with Gasteiger partial charge in [0.1, 0.15) is 0 Å². The Hall–Kier alpha value is -2.62. The van der Waals surface area contributed by atoms with Crippen LogP contribution < -0.4 is 11.1 Å². The smallest absolute Gasteiger partial charge is 0.267 e. The van der Waals surface area contributed by atoms with Crippen molar-refractivity contribution >= 4 is 10.8 Å². The van der Waals surface area contributed by atoms with E-state index < -0.39 is 5.54 Å². The van der Waals surface area contributed by atoms with Crippen molar-refractivity contribution in [1.29, 1.82) is 0 Å². The predicted octanol–water partition coefficient (Wildman–Crippen LogP) is 2.78. The van der Waals surface area contributed by atoms with Crippen LogP contribution in [0.25, 0.3) is 10.8 Å². The number of fused-ring (bicyclic) bond motifs is 1. The second-order valence-electron chi connectivity index (χ2n) is 6.06. The molecule has 0 fully saturated rings. The number of H-pyrrole nitrogens is 1. The molecule has 0 radical (unpaired) electrons. The van der Waals surface area contributed by atoms with Gasteiger partial charge in [-0.1, -0.05) is 42.0 Å². The van der Waals surface area contributed by atoms with Crippen LogP contribution in [-0.2, 0) is 5.54 Å². The van der Waals surface area contributed by atoms with E-state index in [1.807, 2.05) is 45.0 Å². The minimum atomic E-state index is -0.647. The van der Waals surface area contributed by atoms with Gasteiger partial charge in [0, 0.05) is 0 Å². The van der Waals surface area contributed by atoms with Gasteiger partial charge in [0.2, 0.25) is 0 Å². The lowest BCUT2D eigenvalue weighted by atomic mass is 9.93. The maximum atomic E-state index is 12.8. The van der Waals surface area contributed by atoms with Gasteiger partial charge in [-0.25, -0.2) is 4.68 Å². The average Bonchev–Trinajstić information content (AvgIpc) is 2.51. The Kier molecular flexibility index (Phi) is 3.24. The van der Waals surface area contributed by atoms with E-state index in [1.54, 1.807) is 24.3 Å². The van der Waals surface area contributed by atoms with Crippen molar-refractivity contribution in [3.63, 3.8) is 0 Å². The maximum absolute atomic E-state index is 12.8. The van der Waals surface area contributed by atoms with Crippen LogP contribution in [0.4, 0.5) is 0 Å². The molecule has 0 spiro atoms. The van der Waals surface area contributed by atoms with E-state index in [2.05, 4.69) is 5.10 Å². The van der Waals surface area contributed by atoms with E-state index in [0.29, 0.717) is 10.8 Å². The summed E-state index contributed by atoms with van der Waals surface area (Å²) < 4.78 is 1.42. The summed E-state index contributed by atoms with van der Waals surface area (Å²) in [5, 5.41) is 3.58. The van der Waals surface area contributed by atoms with Crippen LogP contribution in [0.2, 0.25) is 0 Å². The summed E-state index contributed by atoms with van der Waals surface area (Å²) in [5.41, 5.74) is 0.992. The fourth-order valence-electron chi connectivity index (χ4n) is 2.75. The number of aromatic amines is 1. The van der Waals surface area contributed by atoms with Gasteiger partial charge in [-0.15, -0.1) is 0 Å². The Bertz CT molecular complexity index is 964. The van der Waals surface area contributed by atoms with Crippen LogP contribution >= 0.6 is 0 Å². The van der Waals surface area contributed by atoms with Crippen molar-refractivity contribution in [3.05, 3.63) is 80.4 Å². The number of hydrogen-bond acceptors (Lipinski definition) is 2. The van der Waals surface area contributed by atoms with Crippen molar-refractivity contribution in [3.8, 4) is 0 Å². The summed E-state index contributed by atoms with van der Waals surface area (Å²) in [5.74, 6) is 0. The Balaban J connectivity index is 2.32. The van der Waals surface area contributed by atoms with Gasteiger partial charge in [0.25, 0.3) is 11.1 Å². The third-order valence-electron chi connectivity index (χ3n) is 4.10. The van der Waals surface area contributed by atoms with E-state index in [-0.39, 0.29) is 11.1 Å².